The number of aryl methyl sites for hydroxylation is 1. The van der Waals surface area contributed by atoms with E-state index in [2.05, 4.69) is 103 Å². The van der Waals surface area contributed by atoms with Gasteiger partial charge in [0, 0.05) is 6.20 Å². The molecule has 0 bridgehead atoms. The predicted octanol–water partition coefficient (Wildman–Crippen LogP) is 5.48. The van der Waals surface area contributed by atoms with Gasteiger partial charge in [0.15, 0.2) is 0 Å². The fraction of sp³-hybridized carbons (Fsp3) is 0.160. The minimum absolute atomic E-state index is 0.243. The summed E-state index contributed by atoms with van der Waals surface area (Å²) in [5.74, 6) is 0. The zero-order valence-corrected chi connectivity index (χ0v) is 15.4. The molecule has 0 amide bonds. The molecular weight excluding hydrogens is 328 g/mol. The number of hydrogen-bond acceptors (Lipinski definition) is 2. The summed E-state index contributed by atoms with van der Waals surface area (Å²) >= 11 is 0. The van der Waals surface area contributed by atoms with E-state index in [1.54, 1.807) is 0 Å². The molecule has 27 heavy (non-hydrogen) atoms. The van der Waals surface area contributed by atoms with Crippen molar-refractivity contribution >= 4 is 5.71 Å². The van der Waals surface area contributed by atoms with Gasteiger partial charge in [0.05, 0.1) is 23.8 Å². The molecule has 1 saturated heterocycles. The maximum absolute atomic E-state index is 4.88. The van der Waals surface area contributed by atoms with Crippen molar-refractivity contribution in [3.05, 3.63) is 119 Å². The molecule has 2 heteroatoms. The third-order valence-corrected chi connectivity index (χ3v) is 5.56. The van der Waals surface area contributed by atoms with Crippen LogP contribution in [-0.2, 0) is 0 Å². The second-order valence-electron chi connectivity index (χ2n) is 7.32. The molecule has 0 aliphatic carbocycles. The average Bonchev–Trinajstić information content (AvgIpc) is 3.47. The normalized spacial score (nSPS) is 26.0. The zero-order valence-electron chi connectivity index (χ0n) is 15.4. The Morgan fingerprint density at radius 2 is 1.37 bits per heavy atom. The molecule has 0 spiro atoms. The van der Waals surface area contributed by atoms with E-state index < -0.39 is 0 Å². The molecule has 4 atom stereocenters. The third-order valence-electron chi connectivity index (χ3n) is 5.56. The van der Waals surface area contributed by atoms with Crippen LogP contribution >= 0.6 is 0 Å². The van der Waals surface area contributed by atoms with Crippen LogP contribution in [0.2, 0.25) is 0 Å². The third kappa shape index (κ3) is 2.92. The van der Waals surface area contributed by atoms with Gasteiger partial charge < -0.3 is 0 Å². The summed E-state index contributed by atoms with van der Waals surface area (Å²) in [6, 6.07) is 31.2. The zero-order chi connectivity index (χ0) is 18.2. The molecule has 2 heterocycles. The Hall–Kier alpha value is -2.97. The van der Waals surface area contributed by atoms with Crippen molar-refractivity contribution < 1.29 is 0 Å². The summed E-state index contributed by atoms with van der Waals surface area (Å²) in [6.07, 6.45) is 4.21. The van der Waals surface area contributed by atoms with Crippen molar-refractivity contribution in [2.24, 2.45) is 4.99 Å². The SMILES string of the molecule is Cc1ccc([C@H]2[C@@H]3C(c4ccccc4)=NC=C[C@@H](c4ccccc4)N32)cc1. The molecule has 0 N–H and O–H groups in total. The number of hydrogen-bond donors (Lipinski definition) is 0. The lowest BCUT2D eigenvalue weighted by Gasteiger charge is -2.16. The highest BCUT2D eigenvalue weighted by Crippen LogP contribution is 2.52. The van der Waals surface area contributed by atoms with Gasteiger partial charge in [0.25, 0.3) is 0 Å². The lowest BCUT2D eigenvalue weighted by atomic mass is 10.0. The monoisotopic (exact) mass is 350 g/mol. The summed E-state index contributed by atoms with van der Waals surface area (Å²) in [6.45, 7) is 2.14. The Kier molecular flexibility index (Phi) is 3.99. The number of fused-ring (bicyclic) bond motifs is 1. The Balaban J connectivity index is 1.57. The van der Waals surface area contributed by atoms with Crippen LogP contribution in [0.4, 0.5) is 0 Å². The first kappa shape index (κ1) is 16.2. The van der Waals surface area contributed by atoms with E-state index in [0.29, 0.717) is 12.1 Å². The number of aliphatic imine (C=N–C) groups is 1. The molecule has 3 aromatic rings. The fourth-order valence-corrected chi connectivity index (χ4v) is 4.17. The van der Waals surface area contributed by atoms with Crippen LogP contribution in [0.15, 0.2) is 102 Å². The van der Waals surface area contributed by atoms with Gasteiger partial charge in [-0.15, -0.1) is 0 Å². The highest BCUT2D eigenvalue weighted by molar-refractivity contribution is 6.07. The summed E-state index contributed by atoms with van der Waals surface area (Å²) in [5, 5.41) is 0. The van der Waals surface area contributed by atoms with Crippen molar-refractivity contribution in [3.63, 3.8) is 0 Å². The van der Waals surface area contributed by atoms with E-state index in [0.717, 1.165) is 5.71 Å². The Labute approximate surface area is 160 Å². The first-order chi connectivity index (χ1) is 13.3. The van der Waals surface area contributed by atoms with E-state index >= 15 is 0 Å². The molecule has 1 fully saturated rings. The van der Waals surface area contributed by atoms with Crippen LogP contribution in [0.5, 0.6) is 0 Å². The van der Waals surface area contributed by atoms with Crippen LogP contribution in [0.3, 0.4) is 0 Å². The number of benzene rings is 3. The highest BCUT2D eigenvalue weighted by Gasteiger charge is 2.55. The first-order valence-corrected chi connectivity index (χ1v) is 9.52. The molecule has 5 rings (SSSR count). The summed E-state index contributed by atoms with van der Waals surface area (Å²) in [4.78, 5) is 7.46. The highest BCUT2D eigenvalue weighted by atomic mass is 15.4. The topological polar surface area (TPSA) is 15.4 Å². The Bertz CT molecular complexity index is 988. The van der Waals surface area contributed by atoms with E-state index in [1.807, 2.05) is 6.20 Å². The van der Waals surface area contributed by atoms with Crippen molar-refractivity contribution in [2.75, 3.05) is 0 Å². The quantitative estimate of drug-likeness (QED) is 0.571. The fourth-order valence-electron chi connectivity index (χ4n) is 4.17. The van der Waals surface area contributed by atoms with Crippen molar-refractivity contribution in [1.82, 2.24) is 4.90 Å². The predicted molar refractivity (Wildman–Crippen MR) is 111 cm³/mol. The maximum Gasteiger partial charge on any atom is 0.0740 e. The van der Waals surface area contributed by atoms with E-state index in [9.17, 15) is 0 Å². The van der Waals surface area contributed by atoms with Gasteiger partial charge in [-0.3, -0.25) is 9.89 Å². The van der Waals surface area contributed by atoms with Crippen LogP contribution in [0.1, 0.15) is 34.3 Å². The number of nitrogens with zero attached hydrogens (tertiary/aromatic N) is 2. The first-order valence-electron chi connectivity index (χ1n) is 9.52. The molecule has 2 aliphatic heterocycles. The van der Waals surface area contributed by atoms with Crippen molar-refractivity contribution in [2.45, 2.75) is 25.0 Å². The summed E-state index contributed by atoms with van der Waals surface area (Å²) in [5.41, 5.74) is 6.35. The van der Waals surface area contributed by atoms with Crippen LogP contribution < -0.4 is 0 Å². The molecule has 2 aliphatic rings. The summed E-state index contributed by atoms with van der Waals surface area (Å²) < 4.78 is 0. The van der Waals surface area contributed by atoms with Gasteiger partial charge in [-0.2, -0.15) is 0 Å². The molecule has 0 radical (unpaired) electrons. The van der Waals surface area contributed by atoms with Crippen LogP contribution in [0, 0.1) is 6.92 Å². The Morgan fingerprint density at radius 1 is 0.704 bits per heavy atom. The smallest absolute Gasteiger partial charge is 0.0740 e. The summed E-state index contributed by atoms with van der Waals surface area (Å²) in [7, 11) is 0. The number of rotatable bonds is 3. The molecule has 0 saturated carbocycles. The van der Waals surface area contributed by atoms with Crippen LogP contribution in [0.25, 0.3) is 0 Å². The standard InChI is InChI=1S/C25H22N2/c1-18-12-14-21(15-13-18)24-25-23(20-10-6-3-7-11-20)26-17-16-22(27(24)25)19-8-4-2-5-9-19/h2-17,22,24-25H,1H3/t22-,24-,25-,27?/m0/s1. The molecule has 3 aromatic carbocycles. The van der Waals surface area contributed by atoms with Gasteiger partial charge in [-0.25, -0.2) is 0 Å². The molecular formula is C25H22N2. The van der Waals surface area contributed by atoms with Crippen molar-refractivity contribution in [1.29, 1.82) is 0 Å². The van der Waals surface area contributed by atoms with Gasteiger partial charge in [-0.05, 0) is 29.7 Å². The minimum Gasteiger partial charge on any atom is -0.273 e. The minimum atomic E-state index is 0.243. The van der Waals surface area contributed by atoms with Crippen LogP contribution in [-0.4, -0.2) is 16.7 Å². The average molecular weight is 350 g/mol. The molecule has 0 aromatic heterocycles. The van der Waals surface area contributed by atoms with Gasteiger partial charge in [0.1, 0.15) is 0 Å². The molecule has 132 valence electrons. The second kappa shape index (κ2) is 6.64. The maximum atomic E-state index is 4.88. The van der Waals surface area contributed by atoms with E-state index in [1.165, 1.54) is 22.3 Å². The van der Waals surface area contributed by atoms with E-state index in [4.69, 9.17) is 4.99 Å². The second-order valence-corrected chi connectivity index (χ2v) is 7.32. The molecule has 1 unspecified atom stereocenters. The Morgan fingerprint density at radius 3 is 2.07 bits per heavy atom. The van der Waals surface area contributed by atoms with Gasteiger partial charge >= 0.3 is 0 Å². The largest absolute Gasteiger partial charge is 0.273 e. The van der Waals surface area contributed by atoms with Gasteiger partial charge in [0.2, 0.25) is 0 Å². The lowest BCUT2D eigenvalue weighted by molar-refractivity contribution is 0.438. The van der Waals surface area contributed by atoms with E-state index in [-0.39, 0.29) is 6.04 Å². The van der Waals surface area contributed by atoms with Crippen molar-refractivity contribution in [3.8, 4) is 0 Å². The van der Waals surface area contributed by atoms with Gasteiger partial charge in [-0.1, -0.05) is 90.5 Å². The lowest BCUT2D eigenvalue weighted by Crippen LogP contribution is -2.15. The molecule has 2 nitrogen and oxygen atoms in total.